The molecule has 8 nitrogen and oxygen atoms in total. The predicted molar refractivity (Wildman–Crippen MR) is 134 cm³/mol. The fraction of sp³-hybridized carbons (Fsp3) is 0.440. The van der Waals surface area contributed by atoms with Gasteiger partial charge in [0.2, 0.25) is 0 Å². The summed E-state index contributed by atoms with van der Waals surface area (Å²) in [5.74, 6) is -0.386. The van der Waals surface area contributed by atoms with Gasteiger partial charge in [0, 0.05) is 37.9 Å². The third-order valence-corrected chi connectivity index (χ3v) is 7.66. The van der Waals surface area contributed by atoms with Crippen LogP contribution >= 0.6 is 12.2 Å². The summed E-state index contributed by atoms with van der Waals surface area (Å²) in [5.41, 5.74) is -1.26. The molecule has 194 valence electrons. The molecule has 2 N–H and O–H groups in total. The van der Waals surface area contributed by atoms with Gasteiger partial charge in [-0.25, -0.2) is 4.98 Å². The van der Waals surface area contributed by atoms with Gasteiger partial charge in [0.05, 0.1) is 24.1 Å². The second-order valence-electron chi connectivity index (χ2n) is 9.58. The Kier molecular flexibility index (Phi) is 6.66. The van der Waals surface area contributed by atoms with Crippen LogP contribution in [0.3, 0.4) is 0 Å². The number of anilines is 2. The molecule has 2 aliphatic heterocycles. The number of aliphatic hydroxyl groups excluding tert-OH is 1. The lowest BCUT2D eigenvalue weighted by Gasteiger charge is -2.43. The van der Waals surface area contributed by atoms with Crippen LogP contribution in [0.2, 0.25) is 0 Å². The van der Waals surface area contributed by atoms with E-state index in [-0.39, 0.29) is 29.4 Å². The van der Waals surface area contributed by atoms with Crippen molar-refractivity contribution in [2.75, 3.05) is 36.0 Å². The van der Waals surface area contributed by atoms with Crippen molar-refractivity contribution in [2.24, 2.45) is 0 Å². The standard InChI is InChI=1S/C25H25F3N6O2S/c26-25(27,28)20-10-19(12-31-21(20)11-29)33-22(36)24(6-1-7-24)34(23(33)37)18-4-2-16(3-5-18)13-32-9-8-30-17(14-32)15-35/h2-5,10,12,17,30,35H,1,6-9,13-15H2. The van der Waals surface area contributed by atoms with Gasteiger partial charge in [-0.05, 0) is 55.2 Å². The van der Waals surface area contributed by atoms with E-state index in [0.29, 0.717) is 25.1 Å². The number of aromatic nitrogens is 1. The largest absolute Gasteiger partial charge is 0.419 e. The van der Waals surface area contributed by atoms with Crippen LogP contribution < -0.4 is 15.1 Å². The van der Waals surface area contributed by atoms with Gasteiger partial charge in [0.1, 0.15) is 11.6 Å². The number of rotatable bonds is 5. The van der Waals surface area contributed by atoms with E-state index in [1.54, 1.807) is 4.90 Å². The molecule has 5 rings (SSSR count). The molecule has 12 heteroatoms. The number of benzene rings is 1. The summed E-state index contributed by atoms with van der Waals surface area (Å²) in [5, 5.41) is 21.9. The second kappa shape index (κ2) is 9.64. The van der Waals surface area contributed by atoms with E-state index >= 15 is 0 Å². The number of aliphatic hydroxyl groups is 1. The average molecular weight is 531 g/mol. The van der Waals surface area contributed by atoms with Gasteiger partial charge < -0.3 is 15.3 Å². The number of nitrogens with one attached hydrogen (secondary N) is 1. The van der Waals surface area contributed by atoms with Gasteiger partial charge in [-0.15, -0.1) is 0 Å². The van der Waals surface area contributed by atoms with Crippen LogP contribution in [0.5, 0.6) is 0 Å². The summed E-state index contributed by atoms with van der Waals surface area (Å²) in [6, 6.07) is 9.93. The van der Waals surface area contributed by atoms with Crippen LogP contribution in [0.25, 0.3) is 0 Å². The molecular formula is C25H25F3N6O2S. The second-order valence-corrected chi connectivity index (χ2v) is 9.94. The van der Waals surface area contributed by atoms with Gasteiger partial charge in [-0.2, -0.15) is 18.4 Å². The lowest BCUT2D eigenvalue weighted by Crippen LogP contribution is -2.55. The van der Waals surface area contributed by atoms with Crippen LogP contribution in [0.4, 0.5) is 24.5 Å². The summed E-state index contributed by atoms with van der Waals surface area (Å²) >= 11 is 5.66. The molecule has 3 fully saturated rings. The highest BCUT2D eigenvalue weighted by molar-refractivity contribution is 7.81. The van der Waals surface area contributed by atoms with Gasteiger partial charge in [-0.1, -0.05) is 12.1 Å². The monoisotopic (exact) mass is 530 g/mol. The number of carbonyl (C=O) groups is 1. The number of nitriles is 1. The maximum absolute atomic E-state index is 13.6. The SMILES string of the molecule is N#Cc1ncc(N2C(=O)C3(CCC3)N(c3ccc(CN4CCNC(CO)C4)cc3)C2=S)cc1C(F)(F)F. The smallest absolute Gasteiger partial charge is 0.395 e. The van der Waals surface area contributed by atoms with Crippen LogP contribution in [-0.4, -0.2) is 63.8 Å². The van der Waals surface area contributed by atoms with E-state index in [4.69, 9.17) is 17.5 Å². The van der Waals surface area contributed by atoms with Crippen LogP contribution in [-0.2, 0) is 17.5 Å². The third kappa shape index (κ3) is 4.46. The van der Waals surface area contributed by atoms with E-state index in [9.17, 15) is 23.1 Å². The number of carbonyl (C=O) groups excluding carboxylic acids is 1. The summed E-state index contributed by atoms with van der Waals surface area (Å²) in [4.78, 5) is 22.4. The maximum Gasteiger partial charge on any atom is 0.419 e. The van der Waals surface area contributed by atoms with E-state index in [2.05, 4.69) is 15.2 Å². The van der Waals surface area contributed by atoms with Gasteiger partial charge in [-0.3, -0.25) is 14.6 Å². The van der Waals surface area contributed by atoms with Gasteiger partial charge in [0.25, 0.3) is 5.91 Å². The molecule has 37 heavy (non-hydrogen) atoms. The number of nitrogens with zero attached hydrogens (tertiary/aromatic N) is 5. The first-order valence-corrected chi connectivity index (χ1v) is 12.4. The van der Waals surface area contributed by atoms with Crippen molar-refractivity contribution in [2.45, 2.75) is 43.6 Å². The quantitative estimate of drug-likeness (QED) is 0.570. The van der Waals surface area contributed by atoms with E-state index in [1.807, 2.05) is 24.3 Å². The molecule has 1 aliphatic carbocycles. The zero-order valence-corrected chi connectivity index (χ0v) is 20.6. The zero-order chi connectivity index (χ0) is 26.4. The summed E-state index contributed by atoms with van der Waals surface area (Å²) in [6.45, 7) is 3.18. The molecular weight excluding hydrogens is 505 g/mol. The van der Waals surface area contributed by atoms with E-state index < -0.39 is 23.0 Å². The number of piperazine rings is 1. The summed E-state index contributed by atoms with van der Waals surface area (Å²) in [6.07, 6.45) is -1.86. The maximum atomic E-state index is 13.6. The molecule has 1 amide bonds. The van der Waals surface area contributed by atoms with Crippen molar-refractivity contribution in [1.29, 1.82) is 5.26 Å². The Morgan fingerprint density at radius 3 is 2.57 bits per heavy atom. The Labute approximate surface area is 217 Å². The molecule has 2 aromatic rings. The number of halogens is 3. The molecule has 0 radical (unpaired) electrons. The Hall–Kier alpha value is -3.11. The van der Waals surface area contributed by atoms with Crippen molar-refractivity contribution >= 4 is 34.6 Å². The molecule has 3 aliphatic rings. The Bertz CT molecular complexity index is 1260. The lowest BCUT2D eigenvalue weighted by molar-refractivity contribution is -0.138. The van der Waals surface area contributed by atoms with Crippen molar-refractivity contribution in [3.63, 3.8) is 0 Å². The molecule has 1 spiro atoms. The van der Waals surface area contributed by atoms with Crippen molar-refractivity contribution < 1.29 is 23.1 Å². The zero-order valence-electron chi connectivity index (χ0n) is 19.8. The Morgan fingerprint density at radius 1 is 1.24 bits per heavy atom. The topological polar surface area (TPSA) is 95.7 Å². The number of amides is 1. The summed E-state index contributed by atoms with van der Waals surface area (Å²) < 4.78 is 40.7. The number of hydrogen-bond donors (Lipinski definition) is 2. The molecule has 0 bridgehead atoms. The first kappa shape index (κ1) is 25.5. The fourth-order valence-corrected chi connectivity index (χ4v) is 5.73. The minimum Gasteiger partial charge on any atom is -0.395 e. The Balaban J connectivity index is 1.42. The minimum absolute atomic E-state index is 0.0417. The normalized spacial score (nSPS) is 21.9. The number of hydrogen-bond acceptors (Lipinski definition) is 7. The van der Waals surface area contributed by atoms with Crippen molar-refractivity contribution in [3.05, 3.63) is 53.3 Å². The van der Waals surface area contributed by atoms with Crippen LogP contribution in [0.15, 0.2) is 36.5 Å². The number of pyridine rings is 1. The fourth-order valence-electron chi connectivity index (χ4n) is 5.26. The van der Waals surface area contributed by atoms with Crippen molar-refractivity contribution in [3.8, 4) is 6.07 Å². The lowest BCUT2D eigenvalue weighted by atomic mass is 9.75. The molecule has 1 aromatic carbocycles. The first-order chi connectivity index (χ1) is 17.7. The minimum atomic E-state index is -4.80. The molecule has 1 aromatic heterocycles. The Morgan fingerprint density at radius 2 is 1.97 bits per heavy atom. The van der Waals surface area contributed by atoms with Gasteiger partial charge >= 0.3 is 6.18 Å². The van der Waals surface area contributed by atoms with Crippen LogP contribution in [0, 0.1) is 11.3 Å². The average Bonchev–Trinajstić information content (AvgIpc) is 3.10. The van der Waals surface area contributed by atoms with Crippen LogP contribution in [0.1, 0.15) is 36.1 Å². The predicted octanol–water partition coefficient (Wildman–Crippen LogP) is 2.80. The first-order valence-electron chi connectivity index (χ1n) is 12.0. The highest BCUT2D eigenvalue weighted by Gasteiger charge is 2.59. The van der Waals surface area contributed by atoms with E-state index in [1.165, 1.54) is 6.07 Å². The molecule has 1 saturated carbocycles. The molecule has 1 atom stereocenters. The number of thiocarbonyl (C=S) groups is 1. The van der Waals surface area contributed by atoms with Crippen molar-refractivity contribution in [1.82, 2.24) is 15.2 Å². The highest BCUT2D eigenvalue weighted by Crippen LogP contribution is 2.48. The van der Waals surface area contributed by atoms with Gasteiger partial charge in [0.15, 0.2) is 10.8 Å². The highest BCUT2D eigenvalue weighted by atomic mass is 32.1. The van der Waals surface area contributed by atoms with E-state index in [0.717, 1.165) is 48.8 Å². The molecule has 3 heterocycles. The third-order valence-electron chi connectivity index (χ3n) is 7.30. The molecule has 2 saturated heterocycles. The summed E-state index contributed by atoms with van der Waals surface area (Å²) in [7, 11) is 0. The number of alkyl halides is 3. The molecule has 1 unspecified atom stereocenters.